The first-order valence-corrected chi connectivity index (χ1v) is 7.85. The van der Waals surface area contributed by atoms with Gasteiger partial charge in [0, 0.05) is 11.6 Å². The van der Waals surface area contributed by atoms with E-state index in [1.165, 1.54) is 36.4 Å². The summed E-state index contributed by atoms with van der Waals surface area (Å²) in [6.07, 6.45) is 0.521. The highest BCUT2D eigenvalue weighted by atomic mass is 35.5. The third kappa shape index (κ3) is 3.96. The van der Waals surface area contributed by atoms with E-state index in [1.807, 2.05) is 0 Å². The van der Waals surface area contributed by atoms with Gasteiger partial charge in [-0.1, -0.05) is 23.7 Å². The first-order chi connectivity index (χ1) is 9.47. The van der Waals surface area contributed by atoms with Gasteiger partial charge < -0.3 is 0 Å². The molecule has 0 fully saturated rings. The second-order valence-electron chi connectivity index (χ2n) is 4.25. The van der Waals surface area contributed by atoms with Crippen molar-refractivity contribution in [2.24, 2.45) is 0 Å². The van der Waals surface area contributed by atoms with Gasteiger partial charge in [0.1, 0.15) is 0 Å². The number of rotatable bonds is 5. The summed E-state index contributed by atoms with van der Waals surface area (Å²) in [6, 6.07) is 12.3. The van der Waals surface area contributed by atoms with Crippen molar-refractivity contribution in [2.45, 2.75) is 11.3 Å². The third-order valence-electron chi connectivity index (χ3n) is 2.75. The number of hydrogen-bond acceptors (Lipinski definition) is 2. The van der Waals surface area contributed by atoms with Crippen LogP contribution in [0, 0.1) is 0 Å². The number of benzene rings is 2. The van der Waals surface area contributed by atoms with Gasteiger partial charge >= 0.3 is 0 Å². The zero-order valence-corrected chi connectivity index (χ0v) is 12.1. The highest BCUT2D eigenvalue weighted by Crippen LogP contribution is 2.14. The van der Waals surface area contributed by atoms with E-state index in [-0.39, 0.29) is 17.2 Å². The van der Waals surface area contributed by atoms with Gasteiger partial charge in [0.15, 0.2) is 5.75 Å². The fraction of sp³-hybridized carbons (Fsp3) is 0.143. The number of sulfonamides is 1. The zero-order valence-electron chi connectivity index (χ0n) is 10.5. The SMILES string of the molecule is [O]c1ccc(CCNS(=O)(=O)c2ccc(Cl)cc2)cc1. The van der Waals surface area contributed by atoms with Crippen LogP contribution in [0.5, 0.6) is 5.75 Å². The highest BCUT2D eigenvalue weighted by molar-refractivity contribution is 7.89. The van der Waals surface area contributed by atoms with Crippen LogP contribution in [0.1, 0.15) is 5.56 Å². The van der Waals surface area contributed by atoms with Gasteiger partial charge in [0.05, 0.1) is 4.90 Å². The Morgan fingerprint density at radius 1 is 0.950 bits per heavy atom. The van der Waals surface area contributed by atoms with Crippen LogP contribution in [0.2, 0.25) is 5.02 Å². The molecular weight excluding hydrogens is 298 g/mol. The molecule has 0 aliphatic heterocycles. The standard InChI is InChI=1S/C14H13ClNO3S/c15-12-3-7-14(8-4-12)20(18,19)16-10-9-11-1-5-13(17)6-2-11/h1-8,16H,9-10H2. The van der Waals surface area contributed by atoms with Gasteiger partial charge in [-0.15, -0.1) is 0 Å². The fourth-order valence-electron chi connectivity index (χ4n) is 1.68. The van der Waals surface area contributed by atoms with Gasteiger partial charge in [-0.05, 0) is 48.4 Å². The predicted molar refractivity (Wildman–Crippen MR) is 76.9 cm³/mol. The Balaban J connectivity index is 1.96. The van der Waals surface area contributed by atoms with Gasteiger partial charge in [0.25, 0.3) is 0 Å². The van der Waals surface area contributed by atoms with Crippen LogP contribution in [-0.2, 0) is 21.6 Å². The predicted octanol–water partition coefficient (Wildman–Crippen LogP) is 3.00. The number of hydrogen-bond donors (Lipinski definition) is 1. The van der Waals surface area contributed by atoms with Crippen LogP contribution < -0.4 is 4.72 Å². The minimum Gasteiger partial charge on any atom is -0.290 e. The summed E-state index contributed by atoms with van der Waals surface area (Å²) in [5, 5.41) is 11.4. The molecule has 0 atom stereocenters. The molecule has 0 amide bonds. The average Bonchev–Trinajstić information content (AvgIpc) is 2.41. The zero-order chi connectivity index (χ0) is 14.6. The van der Waals surface area contributed by atoms with Crippen LogP contribution in [0.3, 0.4) is 0 Å². The summed E-state index contributed by atoms with van der Waals surface area (Å²) in [7, 11) is -3.53. The maximum atomic E-state index is 12.0. The van der Waals surface area contributed by atoms with Crippen LogP contribution in [-0.4, -0.2) is 15.0 Å². The van der Waals surface area contributed by atoms with E-state index in [0.29, 0.717) is 11.4 Å². The number of nitrogens with one attached hydrogen (secondary N) is 1. The second kappa shape index (κ2) is 6.26. The van der Waals surface area contributed by atoms with Gasteiger partial charge in [0.2, 0.25) is 10.0 Å². The Labute approximate surface area is 123 Å². The van der Waals surface area contributed by atoms with Gasteiger partial charge in [-0.3, -0.25) is 5.11 Å². The second-order valence-corrected chi connectivity index (χ2v) is 6.45. The molecule has 0 aliphatic carbocycles. The molecule has 1 N–H and O–H groups in total. The molecule has 0 saturated carbocycles. The maximum Gasteiger partial charge on any atom is 0.240 e. The molecule has 4 nitrogen and oxygen atoms in total. The van der Waals surface area contributed by atoms with Crippen molar-refractivity contribution in [1.82, 2.24) is 4.72 Å². The molecule has 105 valence electrons. The van der Waals surface area contributed by atoms with Crippen LogP contribution in [0.4, 0.5) is 0 Å². The molecular formula is C14H13ClNO3S. The van der Waals surface area contributed by atoms with Crippen molar-refractivity contribution < 1.29 is 13.5 Å². The summed E-state index contributed by atoms with van der Waals surface area (Å²) in [5.41, 5.74) is 0.906. The molecule has 2 aromatic carbocycles. The molecule has 6 heteroatoms. The molecule has 0 bridgehead atoms. The largest absolute Gasteiger partial charge is 0.290 e. The molecule has 2 aromatic rings. The first kappa shape index (κ1) is 14.8. The summed E-state index contributed by atoms with van der Waals surface area (Å²) in [4.78, 5) is 0.178. The van der Waals surface area contributed by atoms with Gasteiger partial charge in [-0.25, -0.2) is 13.1 Å². The van der Waals surface area contributed by atoms with E-state index in [0.717, 1.165) is 5.56 Å². The topological polar surface area (TPSA) is 66.1 Å². The van der Waals surface area contributed by atoms with Crippen LogP contribution in [0.25, 0.3) is 0 Å². The Kier molecular flexibility index (Phi) is 4.65. The smallest absolute Gasteiger partial charge is 0.240 e. The lowest BCUT2D eigenvalue weighted by atomic mass is 10.1. The molecule has 0 spiro atoms. The lowest BCUT2D eigenvalue weighted by Gasteiger charge is -2.07. The van der Waals surface area contributed by atoms with Crippen molar-refractivity contribution in [3.8, 4) is 5.75 Å². The average molecular weight is 311 g/mol. The van der Waals surface area contributed by atoms with Crippen molar-refractivity contribution in [2.75, 3.05) is 6.54 Å². The van der Waals surface area contributed by atoms with E-state index in [9.17, 15) is 13.5 Å². The monoisotopic (exact) mass is 310 g/mol. The van der Waals surface area contributed by atoms with E-state index in [4.69, 9.17) is 11.6 Å². The molecule has 0 heterocycles. The normalized spacial score (nSPS) is 11.4. The Bertz CT molecular complexity index is 667. The van der Waals surface area contributed by atoms with Crippen molar-refractivity contribution in [1.29, 1.82) is 0 Å². The van der Waals surface area contributed by atoms with Crippen LogP contribution in [0.15, 0.2) is 53.4 Å². The van der Waals surface area contributed by atoms with Crippen LogP contribution >= 0.6 is 11.6 Å². The molecule has 2 rings (SSSR count). The molecule has 0 aromatic heterocycles. The Hall–Kier alpha value is -1.56. The van der Waals surface area contributed by atoms with E-state index in [1.54, 1.807) is 12.1 Å². The maximum absolute atomic E-state index is 12.0. The number of halogens is 1. The first-order valence-electron chi connectivity index (χ1n) is 5.98. The highest BCUT2D eigenvalue weighted by Gasteiger charge is 2.12. The third-order valence-corrected chi connectivity index (χ3v) is 4.48. The molecule has 1 radical (unpaired) electrons. The van der Waals surface area contributed by atoms with E-state index >= 15 is 0 Å². The van der Waals surface area contributed by atoms with Gasteiger partial charge in [-0.2, -0.15) is 0 Å². The quantitative estimate of drug-likeness (QED) is 0.922. The van der Waals surface area contributed by atoms with E-state index < -0.39 is 10.0 Å². The Morgan fingerprint density at radius 3 is 2.15 bits per heavy atom. The molecule has 0 saturated heterocycles. The summed E-state index contributed by atoms with van der Waals surface area (Å²) in [5.74, 6) is -0.0597. The lowest BCUT2D eigenvalue weighted by Crippen LogP contribution is -2.25. The summed E-state index contributed by atoms with van der Waals surface area (Å²) >= 11 is 5.72. The molecule has 20 heavy (non-hydrogen) atoms. The fourth-order valence-corrected chi connectivity index (χ4v) is 2.84. The minimum atomic E-state index is -3.53. The summed E-state index contributed by atoms with van der Waals surface area (Å²) < 4.78 is 26.5. The Morgan fingerprint density at radius 2 is 1.55 bits per heavy atom. The molecule has 0 unspecified atom stereocenters. The van der Waals surface area contributed by atoms with Crippen molar-refractivity contribution >= 4 is 21.6 Å². The summed E-state index contributed by atoms with van der Waals surface area (Å²) in [6.45, 7) is 0.267. The van der Waals surface area contributed by atoms with Crippen molar-refractivity contribution in [3.63, 3.8) is 0 Å². The molecule has 0 aliphatic rings. The van der Waals surface area contributed by atoms with Crippen molar-refractivity contribution in [3.05, 3.63) is 59.1 Å². The minimum absolute atomic E-state index is 0.0597. The lowest BCUT2D eigenvalue weighted by molar-refractivity contribution is 0.355. The van der Waals surface area contributed by atoms with E-state index in [2.05, 4.69) is 4.72 Å².